The quantitative estimate of drug-likeness (QED) is 0.324. The summed E-state index contributed by atoms with van der Waals surface area (Å²) in [7, 11) is -4.62. The molecule has 11 heteroatoms. The van der Waals surface area contributed by atoms with Crippen LogP contribution in [0.4, 0.5) is 0 Å². The van der Waals surface area contributed by atoms with E-state index < -0.39 is 22.4 Å². The smallest absolute Gasteiger partial charge is 0.446 e. The summed E-state index contributed by atoms with van der Waals surface area (Å²) >= 11 is 3.73. The zero-order chi connectivity index (χ0) is 19.5. The van der Waals surface area contributed by atoms with E-state index >= 15 is 0 Å². The van der Waals surface area contributed by atoms with Gasteiger partial charge in [-0.05, 0) is 81.4 Å². The van der Waals surface area contributed by atoms with E-state index in [1.54, 1.807) is 36.4 Å². The lowest BCUT2D eigenvalue weighted by molar-refractivity contribution is -0.138. The Balaban J connectivity index is 2.15. The number of carbonyl (C=O) groups is 1. The van der Waals surface area contributed by atoms with E-state index in [1.165, 1.54) is 0 Å². The van der Waals surface area contributed by atoms with Gasteiger partial charge < -0.3 is 19.8 Å². The molecule has 0 bridgehead atoms. The van der Waals surface area contributed by atoms with Crippen LogP contribution < -0.4 is 14.7 Å². The van der Waals surface area contributed by atoms with Gasteiger partial charge >= 0.3 is 16.4 Å². The maximum absolute atomic E-state index is 10.9. The van der Waals surface area contributed by atoms with Crippen molar-refractivity contribution in [2.45, 2.75) is 12.5 Å². The highest BCUT2D eigenvalue weighted by Crippen LogP contribution is 2.34. The summed E-state index contributed by atoms with van der Waals surface area (Å²) in [6.45, 7) is 0. The van der Waals surface area contributed by atoms with Crippen LogP contribution in [0.2, 0.25) is 0 Å². The average Bonchev–Trinajstić information content (AvgIpc) is 2.52. The van der Waals surface area contributed by atoms with Crippen LogP contribution in [0.1, 0.15) is 5.56 Å². The molecule has 2 aromatic carbocycles. The molecule has 140 valence electrons. The maximum Gasteiger partial charge on any atom is 0.446 e. The van der Waals surface area contributed by atoms with Crippen molar-refractivity contribution in [3.63, 3.8) is 0 Å². The number of nitrogens with two attached hydrogens (primary N) is 1. The van der Waals surface area contributed by atoms with Gasteiger partial charge in [0.2, 0.25) is 0 Å². The average molecular weight is 605 g/mol. The van der Waals surface area contributed by atoms with Crippen molar-refractivity contribution >= 4 is 61.6 Å². The van der Waals surface area contributed by atoms with Crippen LogP contribution in [0.3, 0.4) is 0 Å². The molecule has 0 radical (unpaired) electrons. The molecule has 0 aliphatic heterocycles. The first-order chi connectivity index (χ1) is 12.0. The number of halogens is 2. The zero-order valence-corrected chi connectivity index (χ0v) is 18.1. The highest BCUT2D eigenvalue weighted by Gasteiger charge is 2.16. The molecule has 26 heavy (non-hydrogen) atoms. The predicted octanol–water partition coefficient (Wildman–Crippen LogP) is 2.82. The van der Waals surface area contributed by atoms with Crippen molar-refractivity contribution in [1.29, 1.82) is 0 Å². The van der Waals surface area contributed by atoms with Crippen LogP contribution in [0.5, 0.6) is 17.2 Å². The Hall–Kier alpha value is -1.16. The molecule has 0 amide bonds. The Kier molecular flexibility index (Phi) is 7.06. The molecule has 8 nitrogen and oxygen atoms in total. The maximum atomic E-state index is 10.9. The Bertz CT molecular complexity index is 893. The second-order valence-corrected chi connectivity index (χ2v) is 8.47. The number of carboxylic acid groups (broad SMARTS) is 1. The number of carboxylic acids is 1. The third kappa shape index (κ3) is 6.22. The van der Waals surface area contributed by atoms with Crippen molar-refractivity contribution < 1.29 is 31.8 Å². The normalized spacial score (nSPS) is 12.5. The number of rotatable bonds is 7. The topological polar surface area (TPSA) is 136 Å². The summed E-state index contributed by atoms with van der Waals surface area (Å²) in [6, 6.07) is 8.90. The molecule has 0 saturated heterocycles. The Morgan fingerprint density at radius 1 is 1.12 bits per heavy atom. The van der Waals surface area contributed by atoms with Gasteiger partial charge in [-0.1, -0.05) is 12.1 Å². The lowest BCUT2D eigenvalue weighted by Gasteiger charge is -2.12. The first kappa shape index (κ1) is 21.1. The van der Waals surface area contributed by atoms with Crippen molar-refractivity contribution in [2.75, 3.05) is 0 Å². The van der Waals surface area contributed by atoms with Gasteiger partial charge in [-0.25, -0.2) is 0 Å². The minimum atomic E-state index is -4.62. The highest BCUT2D eigenvalue weighted by molar-refractivity contribution is 14.1. The third-order valence-electron chi connectivity index (χ3n) is 3.09. The molecule has 0 heterocycles. The van der Waals surface area contributed by atoms with E-state index in [9.17, 15) is 13.2 Å². The van der Waals surface area contributed by atoms with Crippen molar-refractivity contribution in [3.05, 3.63) is 49.1 Å². The highest BCUT2D eigenvalue weighted by atomic mass is 127. The predicted molar refractivity (Wildman–Crippen MR) is 110 cm³/mol. The molecule has 0 unspecified atom stereocenters. The van der Waals surface area contributed by atoms with E-state index in [0.717, 1.165) is 5.56 Å². The van der Waals surface area contributed by atoms with Gasteiger partial charge in [-0.15, -0.1) is 0 Å². The Labute approximate surface area is 176 Å². The van der Waals surface area contributed by atoms with E-state index in [2.05, 4.69) is 4.18 Å². The standard InChI is InChI=1S/C15H13I2NO7S/c16-11-6-10(7-12(17)14(11)25-26(21,22)23)24-9-3-1-8(2-4-9)5-13(18)15(19)20/h1-4,6-7,13H,5,18H2,(H,19,20)(H,21,22,23)/t13-/m1/s1. The van der Waals surface area contributed by atoms with Crippen LogP contribution in [0, 0.1) is 7.14 Å². The number of hydrogen-bond acceptors (Lipinski definition) is 6. The van der Waals surface area contributed by atoms with Crippen LogP contribution in [0.15, 0.2) is 36.4 Å². The molecule has 2 aromatic rings. The van der Waals surface area contributed by atoms with E-state index in [0.29, 0.717) is 18.6 Å². The molecule has 0 aromatic heterocycles. The van der Waals surface area contributed by atoms with E-state index in [1.807, 2.05) is 45.2 Å². The summed E-state index contributed by atoms with van der Waals surface area (Å²) in [4.78, 5) is 10.8. The number of hydrogen-bond donors (Lipinski definition) is 3. The van der Waals surface area contributed by atoms with Gasteiger partial charge in [0.05, 0.1) is 7.14 Å². The molecule has 2 rings (SSSR count). The van der Waals surface area contributed by atoms with Crippen LogP contribution in [0.25, 0.3) is 0 Å². The van der Waals surface area contributed by atoms with Crippen molar-refractivity contribution in [1.82, 2.24) is 0 Å². The summed E-state index contributed by atoms with van der Waals surface area (Å²) in [5.74, 6) is -0.107. The first-order valence-corrected chi connectivity index (χ1v) is 10.5. The fourth-order valence-corrected chi connectivity index (χ4v) is 4.57. The Morgan fingerprint density at radius 2 is 1.65 bits per heavy atom. The minimum Gasteiger partial charge on any atom is -0.480 e. The molecule has 0 saturated carbocycles. The third-order valence-corrected chi connectivity index (χ3v) is 5.07. The summed E-state index contributed by atoms with van der Waals surface area (Å²) in [5, 5.41) is 8.82. The van der Waals surface area contributed by atoms with Gasteiger partial charge in [0, 0.05) is 0 Å². The Morgan fingerprint density at radius 3 is 2.12 bits per heavy atom. The zero-order valence-electron chi connectivity index (χ0n) is 12.9. The summed E-state index contributed by atoms with van der Waals surface area (Å²) < 4.78 is 41.7. The SMILES string of the molecule is N[C@H](Cc1ccc(Oc2cc(I)c(OS(=O)(=O)O)c(I)c2)cc1)C(=O)O. The molecule has 0 aliphatic rings. The van der Waals surface area contributed by atoms with Gasteiger partial charge in [0.25, 0.3) is 0 Å². The number of benzene rings is 2. The van der Waals surface area contributed by atoms with Crippen LogP contribution in [-0.4, -0.2) is 30.1 Å². The minimum absolute atomic E-state index is 0.0130. The lowest BCUT2D eigenvalue weighted by Crippen LogP contribution is -2.32. The van der Waals surface area contributed by atoms with Gasteiger partial charge in [-0.3, -0.25) is 9.35 Å². The number of aliphatic carboxylic acids is 1. The summed E-state index contributed by atoms with van der Waals surface area (Å²) in [5.41, 5.74) is 6.25. The first-order valence-electron chi connectivity index (χ1n) is 6.96. The molecule has 0 aliphatic carbocycles. The van der Waals surface area contributed by atoms with Crippen molar-refractivity contribution in [3.8, 4) is 17.2 Å². The largest absolute Gasteiger partial charge is 0.480 e. The molecule has 0 fully saturated rings. The molecule has 4 N–H and O–H groups in total. The van der Waals surface area contributed by atoms with Crippen LogP contribution in [-0.2, 0) is 21.6 Å². The molecular weight excluding hydrogens is 592 g/mol. The second-order valence-electron chi connectivity index (χ2n) is 5.12. The summed E-state index contributed by atoms with van der Waals surface area (Å²) in [6.07, 6.45) is 0.201. The van der Waals surface area contributed by atoms with Crippen LogP contribution >= 0.6 is 45.2 Å². The molecule has 1 atom stereocenters. The molecular formula is C15H13I2NO7S. The van der Waals surface area contributed by atoms with Gasteiger partial charge in [-0.2, -0.15) is 8.42 Å². The van der Waals surface area contributed by atoms with E-state index in [-0.39, 0.29) is 12.2 Å². The number of ether oxygens (including phenoxy) is 1. The molecule has 0 spiro atoms. The lowest BCUT2D eigenvalue weighted by atomic mass is 10.1. The van der Waals surface area contributed by atoms with E-state index in [4.69, 9.17) is 20.1 Å². The van der Waals surface area contributed by atoms with Gasteiger partial charge in [0.1, 0.15) is 17.5 Å². The van der Waals surface area contributed by atoms with Crippen molar-refractivity contribution in [2.24, 2.45) is 5.73 Å². The fourth-order valence-electron chi connectivity index (χ4n) is 1.95. The van der Waals surface area contributed by atoms with Gasteiger partial charge in [0.15, 0.2) is 5.75 Å². The monoisotopic (exact) mass is 605 g/mol. The fraction of sp³-hybridized carbons (Fsp3) is 0.133. The second kappa shape index (κ2) is 8.69.